The maximum absolute atomic E-state index is 6.01. The number of hydrogen-bond acceptors (Lipinski definition) is 5. The van der Waals surface area contributed by atoms with Crippen molar-refractivity contribution in [2.24, 2.45) is 5.73 Å². The molecule has 1 aromatic carbocycles. The van der Waals surface area contributed by atoms with Gasteiger partial charge in [-0.05, 0) is 26.0 Å². The number of aromatic nitrogens is 1. The van der Waals surface area contributed by atoms with Gasteiger partial charge in [0, 0.05) is 17.3 Å². The Morgan fingerprint density at radius 2 is 2.10 bits per heavy atom. The van der Waals surface area contributed by atoms with Gasteiger partial charge in [-0.1, -0.05) is 6.07 Å². The summed E-state index contributed by atoms with van der Waals surface area (Å²) in [7, 11) is 1.64. The fourth-order valence-electron chi connectivity index (χ4n) is 2.10. The highest BCUT2D eigenvalue weighted by Crippen LogP contribution is 2.33. The largest absolute Gasteiger partial charge is 0.496 e. The lowest BCUT2D eigenvalue weighted by Gasteiger charge is -2.17. The molecule has 1 atom stereocenters. The molecule has 2 aromatic rings. The molecule has 0 aliphatic carbocycles. The topological polar surface area (TPSA) is 57.4 Å². The van der Waals surface area contributed by atoms with E-state index in [0.717, 1.165) is 29.2 Å². The number of aryl methyl sites for hydroxylation is 1. The SMILES string of the molecule is COc1cccc(OCCc2scnc2C)c1[C@H](C)N. The molecular weight excluding hydrogens is 272 g/mol. The monoisotopic (exact) mass is 292 g/mol. The summed E-state index contributed by atoms with van der Waals surface area (Å²) >= 11 is 1.66. The highest BCUT2D eigenvalue weighted by molar-refractivity contribution is 7.09. The summed E-state index contributed by atoms with van der Waals surface area (Å²) in [6.07, 6.45) is 0.853. The van der Waals surface area contributed by atoms with E-state index in [-0.39, 0.29) is 6.04 Å². The Hall–Kier alpha value is -1.59. The zero-order valence-corrected chi connectivity index (χ0v) is 12.9. The van der Waals surface area contributed by atoms with Gasteiger partial charge in [0.1, 0.15) is 11.5 Å². The van der Waals surface area contributed by atoms with Gasteiger partial charge in [-0.25, -0.2) is 4.98 Å². The van der Waals surface area contributed by atoms with E-state index in [4.69, 9.17) is 15.2 Å². The summed E-state index contributed by atoms with van der Waals surface area (Å²) in [5.74, 6) is 1.56. The van der Waals surface area contributed by atoms with Crippen LogP contribution in [0.15, 0.2) is 23.7 Å². The molecule has 0 aliphatic heterocycles. The highest BCUT2D eigenvalue weighted by Gasteiger charge is 2.14. The molecule has 20 heavy (non-hydrogen) atoms. The first kappa shape index (κ1) is 14.8. The summed E-state index contributed by atoms with van der Waals surface area (Å²) in [4.78, 5) is 5.50. The van der Waals surface area contributed by atoms with Gasteiger partial charge in [0.25, 0.3) is 0 Å². The molecule has 0 saturated carbocycles. The maximum atomic E-state index is 6.01. The first-order valence-corrected chi connectivity index (χ1v) is 7.45. The molecule has 0 amide bonds. The zero-order chi connectivity index (χ0) is 14.5. The van der Waals surface area contributed by atoms with Crippen LogP contribution in [0.1, 0.15) is 29.1 Å². The van der Waals surface area contributed by atoms with Crippen LogP contribution in [0.2, 0.25) is 0 Å². The third kappa shape index (κ3) is 3.29. The molecule has 2 rings (SSSR count). The van der Waals surface area contributed by atoms with Gasteiger partial charge in [0.05, 0.1) is 30.5 Å². The minimum atomic E-state index is -0.133. The minimum Gasteiger partial charge on any atom is -0.496 e. The Morgan fingerprint density at radius 3 is 2.70 bits per heavy atom. The molecule has 2 N–H and O–H groups in total. The van der Waals surface area contributed by atoms with E-state index >= 15 is 0 Å². The summed E-state index contributed by atoms with van der Waals surface area (Å²) in [6.45, 7) is 4.55. The van der Waals surface area contributed by atoms with Gasteiger partial charge in [0.15, 0.2) is 0 Å². The number of nitrogens with two attached hydrogens (primary N) is 1. The number of rotatable bonds is 6. The van der Waals surface area contributed by atoms with Crippen LogP contribution in [-0.4, -0.2) is 18.7 Å². The molecule has 1 aromatic heterocycles. The van der Waals surface area contributed by atoms with E-state index in [2.05, 4.69) is 4.98 Å². The van der Waals surface area contributed by atoms with Crippen molar-refractivity contribution < 1.29 is 9.47 Å². The molecule has 0 spiro atoms. The van der Waals surface area contributed by atoms with Gasteiger partial charge < -0.3 is 15.2 Å². The van der Waals surface area contributed by atoms with E-state index in [1.165, 1.54) is 4.88 Å². The van der Waals surface area contributed by atoms with Gasteiger partial charge >= 0.3 is 0 Å². The van der Waals surface area contributed by atoms with Crippen molar-refractivity contribution in [2.45, 2.75) is 26.3 Å². The molecular formula is C15H20N2O2S. The number of ether oxygens (including phenoxy) is 2. The number of benzene rings is 1. The standard InChI is InChI=1S/C15H20N2O2S/c1-10(16)15-12(18-3)5-4-6-13(15)19-8-7-14-11(2)17-9-20-14/h4-6,9-10H,7-8,16H2,1-3H3/t10-/m0/s1. The fourth-order valence-corrected chi connectivity index (χ4v) is 2.86. The third-order valence-electron chi connectivity index (χ3n) is 3.13. The van der Waals surface area contributed by atoms with Crippen LogP contribution in [0.5, 0.6) is 11.5 Å². The highest BCUT2D eigenvalue weighted by atomic mass is 32.1. The van der Waals surface area contributed by atoms with E-state index in [1.54, 1.807) is 18.4 Å². The number of methoxy groups -OCH3 is 1. The van der Waals surface area contributed by atoms with Gasteiger partial charge in [-0.15, -0.1) is 11.3 Å². The quantitative estimate of drug-likeness (QED) is 0.889. The van der Waals surface area contributed by atoms with Crippen LogP contribution in [-0.2, 0) is 6.42 Å². The smallest absolute Gasteiger partial charge is 0.127 e. The predicted molar refractivity (Wildman–Crippen MR) is 81.6 cm³/mol. The van der Waals surface area contributed by atoms with Gasteiger partial charge in [-0.3, -0.25) is 0 Å². The minimum absolute atomic E-state index is 0.133. The Kier molecular flexibility index (Phi) is 4.98. The maximum Gasteiger partial charge on any atom is 0.127 e. The first-order chi connectivity index (χ1) is 9.63. The van der Waals surface area contributed by atoms with Crippen molar-refractivity contribution in [3.63, 3.8) is 0 Å². The second-order valence-electron chi connectivity index (χ2n) is 4.62. The lowest BCUT2D eigenvalue weighted by atomic mass is 10.1. The average Bonchev–Trinajstić information content (AvgIpc) is 2.84. The molecule has 0 saturated heterocycles. The average molecular weight is 292 g/mol. The second-order valence-corrected chi connectivity index (χ2v) is 5.56. The van der Waals surface area contributed by atoms with E-state index in [1.807, 2.05) is 37.6 Å². The van der Waals surface area contributed by atoms with Crippen LogP contribution in [0.25, 0.3) is 0 Å². The van der Waals surface area contributed by atoms with Crippen molar-refractivity contribution in [2.75, 3.05) is 13.7 Å². The van der Waals surface area contributed by atoms with Crippen LogP contribution in [0.4, 0.5) is 0 Å². The number of nitrogens with zero attached hydrogens (tertiary/aromatic N) is 1. The van der Waals surface area contributed by atoms with E-state index < -0.39 is 0 Å². The Bertz CT molecular complexity index is 567. The molecule has 0 bridgehead atoms. The van der Waals surface area contributed by atoms with Crippen LogP contribution in [0, 0.1) is 6.92 Å². The van der Waals surface area contributed by atoms with Gasteiger partial charge in [0.2, 0.25) is 0 Å². The molecule has 0 unspecified atom stereocenters. The number of thiazole rings is 1. The third-order valence-corrected chi connectivity index (χ3v) is 4.13. The van der Waals surface area contributed by atoms with Crippen LogP contribution in [0.3, 0.4) is 0 Å². The molecule has 0 radical (unpaired) electrons. The Labute approximate surface area is 123 Å². The van der Waals surface area contributed by atoms with Crippen LogP contribution >= 0.6 is 11.3 Å². The molecule has 0 aliphatic rings. The van der Waals surface area contributed by atoms with Crippen molar-refractivity contribution in [1.29, 1.82) is 0 Å². The van der Waals surface area contributed by atoms with E-state index in [9.17, 15) is 0 Å². The number of hydrogen-bond donors (Lipinski definition) is 1. The zero-order valence-electron chi connectivity index (χ0n) is 12.1. The van der Waals surface area contributed by atoms with Crippen molar-refractivity contribution in [3.05, 3.63) is 39.8 Å². The van der Waals surface area contributed by atoms with Gasteiger partial charge in [-0.2, -0.15) is 0 Å². The van der Waals surface area contributed by atoms with E-state index in [0.29, 0.717) is 6.61 Å². The summed E-state index contributed by atoms with van der Waals surface area (Å²) in [5.41, 5.74) is 9.87. The first-order valence-electron chi connectivity index (χ1n) is 6.57. The van der Waals surface area contributed by atoms with Crippen molar-refractivity contribution >= 4 is 11.3 Å². The summed E-state index contributed by atoms with van der Waals surface area (Å²) in [5, 5.41) is 0. The van der Waals surface area contributed by atoms with Crippen LogP contribution < -0.4 is 15.2 Å². The summed E-state index contributed by atoms with van der Waals surface area (Å²) in [6, 6.07) is 5.61. The molecule has 1 heterocycles. The Morgan fingerprint density at radius 1 is 1.35 bits per heavy atom. The molecule has 4 nitrogen and oxygen atoms in total. The normalized spacial score (nSPS) is 12.2. The summed E-state index contributed by atoms with van der Waals surface area (Å²) < 4.78 is 11.2. The predicted octanol–water partition coefficient (Wildman–Crippen LogP) is 3.10. The second kappa shape index (κ2) is 6.72. The molecule has 0 fully saturated rings. The van der Waals surface area contributed by atoms with Crippen molar-refractivity contribution in [1.82, 2.24) is 4.98 Å². The lowest BCUT2D eigenvalue weighted by molar-refractivity contribution is 0.313. The fraction of sp³-hybridized carbons (Fsp3) is 0.400. The van der Waals surface area contributed by atoms with Crippen molar-refractivity contribution in [3.8, 4) is 11.5 Å². The Balaban J connectivity index is 2.07. The molecule has 108 valence electrons. The lowest BCUT2D eigenvalue weighted by Crippen LogP contribution is -2.11. The molecule has 5 heteroatoms.